The molecule has 1 rings (SSSR count). The molecule has 1 aromatic carbocycles. The second-order valence-corrected chi connectivity index (χ2v) is 4.08. The maximum Gasteiger partial charge on any atom is 0.460 e. The van der Waals surface area contributed by atoms with E-state index in [1.165, 1.54) is 38.1 Å². The van der Waals surface area contributed by atoms with Gasteiger partial charge in [0.05, 0.1) is 4.92 Å². The third kappa shape index (κ3) is 3.43. The van der Waals surface area contributed by atoms with E-state index in [0.717, 1.165) is 0 Å². The molecule has 0 aliphatic heterocycles. The molecule has 0 amide bonds. The zero-order valence-electron chi connectivity index (χ0n) is 9.94. The van der Waals surface area contributed by atoms with Gasteiger partial charge in [-0.05, 0) is 13.8 Å². The van der Waals surface area contributed by atoms with E-state index in [9.17, 15) is 23.3 Å². The molecule has 4 nitrogen and oxygen atoms in total. The van der Waals surface area contributed by atoms with Gasteiger partial charge in [0, 0.05) is 24.2 Å². The lowest BCUT2D eigenvalue weighted by atomic mass is 10.1. The molecule has 0 aliphatic rings. The third-order valence-electron chi connectivity index (χ3n) is 2.48. The van der Waals surface area contributed by atoms with Crippen LogP contribution in [0.5, 0.6) is 0 Å². The Labute approximate surface area is 102 Å². The summed E-state index contributed by atoms with van der Waals surface area (Å²) < 4.78 is 38.2. The third-order valence-corrected chi connectivity index (χ3v) is 2.48. The predicted molar refractivity (Wildman–Crippen MR) is 59.8 cm³/mol. The van der Waals surface area contributed by atoms with Crippen molar-refractivity contribution in [1.29, 1.82) is 0 Å². The topological polar surface area (TPSA) is 46.4 Å². The number of para-hydroxylation sites is 1. The molecular formula is C11H13F3N2O2. The van der Waals surface area contributed by atoms with Gasteiger partial charge in [-0.25, -0.2) is 4.90 Å². The molecule has 0 saturated heterocycles. The molecule has 0 N–H and O–H groups in total. The van der Waals surface area contributed by atoms with Gasteiger partial charge in [-0.1, -0.05) is 18.2 Å². The Morgan fingerprint density at radius 1 is 1.33 bits per heavy atom. The van der Waals surface area contributed by atoms with Gasteiger partial charge in [-0.2, -0.15) is 13.2 Å². The maximum atomic E-state index is 12.7. The molecule has 0 saturated carbocycles. The van der Waals surface area contributed by atoms with Crippen molar-refractivity contribution < 1.29 is 18.1 Å². The molecule has 0 spiro atoms. The van der Waals surface area contributed by atoms with Gasteiger partial charge in [0.15, 0.2) is 0 Å². The molecule has 0 atom stereocenters. The summed E-state index contributed by atoms with van der Waals surface area (Å²) in [6.07, 6.45) is -4.52. The van der Waals surface area contributed by atoms with Crippen LogP contribution in [0.15, 0.2) is 24.3 Å². The molecule has 7 heteroatoms. The van der Waals surface area contributed by atoms with Crippen molar-refractivity contribution in [3.05, 3.63) is 39.9 Å². The molecule has 0 unspecified atom stereocenters. The Hall–Kier alpha value is -1.63. The van der Waals surface area contributed by atoms with Gasteiger partial charge in [0.1, 0.15) is 0 Å². The highest BCUT2D eigenvalue weighted by Gasteiger charge is 2.39. The fourth-order valence-corrected chi connectivity index (χ4v) is 1.57. The van der Waals surface area contributed by atoms with Gasteiger partial charge in [0.25, 0.3) is 5.69 Å². The first kappa shape index (κ1) is 14.4. The van der Waals surface area contributed by atoms with Crippen LogP contribution < -0.4 is 0 Å². The monoisotopic (exact) mass is 262 g/mol. The number of rotatable bonds is 4. The number of hydrogen-bond acceptors (Lipinski definition) is 3. The number of benzene rings is 1. The first-order valence-electron chi connectivity index (χ1n) is 5.29. The molecule has 0 heterocycles. The molecule has 0 bridgehead atoms. The maximum absolute atomic E-state index is 12.7. The number of halogens is 3. The first-order chi connectivity index (χ1) is 8.23. The highest BCUT2D eigenvalue weighted by molar-refractivity contribution is 5.39. The Balaban J connectivity index is 3.05. The van der Waals surface area contributed by atoms with E-state index in [0.29, 0.717) is 0 Å². The number of alkyl halides is 3. The highest BCUT2D eigenvalue weighted by atomic mass is 19.4. The van der Waals surface area contributed by atoms with Gasteiger partial charge < -0.3 is 0 Å². The van der Waals surface area contributed by atoms with E-state index in [4.69, 9.17) is 0 Å². The number of nitrogens with zero attached hydrogens (tertiary/aromatic N) is 2. The van der Waals surface area contributed by atoms with Crippen LogP contribution in [0.3, 0.4) is 0 Å². The zero-order chi connectivity index (χ0) is 13.9. The minimum Gasteiger partial charge on any atom is -0.258 e. The summed E-state index contributed by atoms with van der Waals surface area (Å²) in [6.45, 7) is 2.25. The number of nitro benzene ring substituents is 1. The van der Waals surface area contributed by atoms with Crippen molar-refractivity contribution in [3.63, 3.8) is 0 Å². The van der Waals surface area contributed by atoms with Crippen LogP contribution in [0.25, 0.3) is 0 Å². The summed E-state index contributed by atoms with van der Waals surface area (Å²) in [7, 11) is 0. The summed E-state index contributed by atoms with van der Waals surface area (Å²) in [5.41, 5.74) is -0.249. The predicted octanol–water partition coefficient (Wildman–Crippen LogP) is 3.33. The molecule has 0 aromatic heterocycles. The van der Waals surface area contributed by atoms with Crippen molar-refractivity contribution >= 4 is 5.69 Å². The van der Waals surface area contributed by atoms with Crippen LogP contribution in [0.4, 0.5) is 18.9 Å². The minimum atomic E-state index is -4.52. The van der Waals surface area contributed by atoms with Crippen LogP contribution in [0.2, 0.25) is 0 Å². The van der Waals surface area contributed by atoms with Crippen LogP contribution in [-0.4, -0.2) is 22.2 Å². The van der Waals surface area contributed by atoms with E-state index >= 15 is 0 Å². The standard InChI is InChI=1S/C11H13F3N2O2/c1-8(2)15(11(12,13)14)7-9-5-3-4-6-10(9)16(17)18/h3-6,8H,7H2,1-2H3. The Morgan fingerprint density at radius 2 is 1.89 bits per heavy atom. The van der Waals surface area contributed by atoms with E-state index in [2.05, 4.69) is 0 Å². The quantitative estimate of drug-likeness (QED) is 0.475. The molecule has 0 aliphatic carbocycles. The fourth-order valence-electron chi connectivity index (χ4n) is 1.57. The Kier molecular flexibility index (Phi) is 4.28. The lowest BCUT2D eigenvalue weighted by Crippen LogP contribution is -2.42. The van der Waals surface area contributed by atoms with E-state index in [-0.39, 0.29) is 16.2 Å². The number of nitro groups is 1. The fraction of sp³-hybridized carbons (Fsp3) is 0.455. The lowest BCUT2D eigenvalue weighted by molar-refractivity contribution is -0.386. The van der Waals surface area contributed by atoms with E-state index < -0.39 is 23.8 Å². The van der Waals surface area contributed by atoms with E-state index in [1.807, 2.05) is 0 Å². The summed E-state index contributed by atoms with van der Waals surface area (Å²) in [5, 5.41) is 10.7. The van der Waals surface area contributed by atoms with Crippen LogP contribution in [0.1, 0.15) is 19.4 Å². The van der Waals surface area contributed by atoms with Gasteiger partial charge in [0.2, 0.25) is 0 Å². The second-order valence-electron chi connectivity index (χ2n) is 4.08. The average Bonchev–Trinajstić information content (AvgIpc) is 2.24. The first-order valence-corrected chi connectivity index (χ1v) is 5.29. The molecule has 100 valence electrons. The van der Waals surface area contributed by atoms with Crippen molar-refractivity contribution in [2.24, 2.45) is 0 Å². The lowest BCUT2D eigenvalue weighted by Gasteiger charge is -2.28. The van der Waals surface area contributed by atoms with Gasteiger partial charge >= 0.3 is 6.30 Å². The molecule has 18 heavy (non-hydrogen) atoms. The van der Waals surface area contributed by atoms with Crippen LogP contribution in [0, 0.1) is 10.1 Å². The van der Waals surface area contributed by atoms with Crippen molar-refractivity contribution in [3.8, 4) is 0 Å². The Morgan fingerprint density at radius 3 is 2.33 bits per heavy atom. The average molecular weight is 262 g/mol. The highest BCUT2D eigenvalue weighted by Crippen LogP contribution is 2.28. The van der Waals surface area contributed by atoms with E-state index in [1.54, 1.807) is 0 Å². The molecule has 0 fully saturated rings. The second kappa shape index (κ2) is 5.34. The van der Waals surface area contributed by atoms with Crippen molar-refractivity contribution in [2.75, 3.05) is 0 Å². The van der Waals surface area contributed by atoms with Crippen LogP contribution >= 0.6 is 0 Å². The van der Waals surface area contributed by atoms with Gasteiger partial charge in [-0.3, -0.25) is 10.1 Å². The van der Waals surface area contributed by atoms with Crippen LogP contribution in [-0.2, 0) is 6.54 Å². The van der Waals surface area contributed by atoms with Crippen molar-refractivity contribution in [2.45, 2.75) is 32.7 Å². The summed E-state index contributed by atoms with van der Waals surface area (Å²) in [5.74, 6) is 0. The molecule has 1 aromatic rings. The molecule has 0 radical (unpaired) electrons. The minimum absolute atomic E-state index is 0.0496. The smallest absolute Gasteiger partial charge is 0.258 e. The number of hydrogen-bond donors (Lipinski definition) is 0. The summed E-state index contributed by atoms with van der Waals surface area (Å²) >= 11 is 0. The van der Waals surface area contributed by atoms with Crippen molar-refractivity contribution in [1.82, 2.24) is 4.90 Å². The SMILES string of the molecule is CC(C)N(Cc1ccccc1[N+](=O)[O-])C(F)(F)F. The summed E-state index contributed by atoms with van der Waals surface area (Å²) in [4.78, 5) is 10.3. The summed E-state index contributed by atoms with van der Waals surface area (Å²) in [6, 6.07) is 4.65. The largest absolute Gasteiger partial charge is 0.460 e. The normalized spacial score (nSPS) is 12.2. The molecular weight excluding hydrogens is 249 g/mol. The zero-order valence-corrected chi connectivity index (χ0v) is 9.94. The Bertz CT molecular complexity index is 433. The van der Waals surface area contributed by atoms with Gasteiger partial charge in [-0.15, -0.1) is 0 Å².